The van der Waals surface area contributed by atoms with Crippen molar-refractivity contribution in [3.8, 4) is 0 Å². The first-order chi connectivity index (χ1) is 9.28. The number of aromatic nitrogens is 1. The van der Waals surface area contributed by atoms with E-state index in [2.05, 4.69) is 11.6 Å². The molecule has 0 saturated carbocycles. The normalized spacial score (nSPS) is 15.7. The quantitative estimate of drug-likeness (QED) is 0.742. The lowest BCUT2D eigenvalue weighted by Gasteiger charge is -2.30. The second kappa shape index (κ2) is 5.11. The lowest BCUT2D eigenvalue weighted by Crippen LogP contribution is -2.44. The fraction of sp³-hybridized carbons (Fsp3) is 0.429. The van der Waals surface area contributed by atoms with Crippen LogP contribution in [0.15, 0.2) is 30.5 Å². The van der Waals surface area contributed by atoms with Crippen LogP contribution in [0.25, 0.3) is 0 Å². The Morgan fingerprint density at radius 2 is 2.15 bits per heavy atom. The molecule has 20 heavy (non-hydrogen) atoms. The second-order valence-electron chi connectivity index (χ2n) is 5.65. The number of hydrogen-bond acceptors (Lipinski definition) is 4. The lowest BCUT2D eigenvalue weighted by atomic mass is 10.2. The van der Waals surface area contributed by atoms with Crippen LogP contribution in [0.4, 0.5) is 15.0 Å². The highest BCUT2D eigenvalue weighted by Gasteiger charge is 2.34. The van der Waals surface area contributed by atoms with Crippen LogP contribution in [0, 0.1) is 5.82 Å². The van der Waals surface area contributed by atoms with Crippen molar-refractivity contribution in [2.24, 2.45) is 0 Å². The van der Waals surface area contributed by atoms with E-state index in [9.17, 15) is 9.18 Å². The number of hydrazine groups is 1. The minimum absolute atomic E-state index is 0.0945. The molecule has 0 bridgehead atoms. The average molecular weight is 279 g/mol. The second-order valence-corrected chi connectivity index (χ2v) is 5.65. The molecule has 0 aromatic carbocycles. The predicted molar refractivity (Wildman–Crippen MR) is 73.6 cm³/mol. The van der Waals surface area contributed by atoms with Crippen molar-refractivity contribution in [3.05, 3.63) is 36.3 Å². The largest absolute Gasteiger partial charge is 0.442 e. The van der Waals surface area contributed by atoms with E-state index in [-0.39, 0.29) is 5.82 Å². The number of carbonyl (C=O) groups is 1. The van der Waals surface area contributed by atoms with E-state index in [1.807, 2.05) is 0 Å². The van der Waals surface area contributed by atoms with Crippen LogP contribution in [0.1, 0.15) is 20.8 Å². The molecule has 1 aromatic heterocycles. The molecule has 1 aliphatic heterocycles. The van der Waals surface area contributed by atoms with Crippen molar-refractivity contribution in [2.75, 3.05) is 18.1 Å². The third-order valence-electron chi connectivity index (χ3n) is 2.63. The van der Waals surface area contributed by atoms with Crippen molar-refractivity contribution < 1.29 is 13.9 Å². The van der Waals surface area contributed by atoms with Crippen LogP contribution in [-0.4, -0.2) is 34.8 Å². The first kappa shape index (κ1) is 14.3. The van der Waals surface area contributed by atoms with Gasteiger partial charge < -0.3 is 4.74 Å². The van der Waals surface area contributed by atoms with Gasteiger partial charge in [-0.15, -0.1) is 0 Å². The van der Waals surface area contributed by atoms with E-state index >= 15 is 0 Å². The monoisotopic (exact) mass is 279 g/mol. The number of hydrogen-bond donors (Lipinski definition) is 0. The molecule has 0 spiro atoms. The SMILES string of the molecule is C=C1CN(C(=O)OC(C)(C)C)N(c2ncccc2F)C1. The molecular formula is C14H18FN3O2. The predicted octanol–water partition coefficient (Wildman–Crippen LogP) is 2.75. The highest BCUT2D eigenvalue weighted by molar-refractivity contribution is 5.72. The standard InChI is InChI=1S/C14H18FN3O2/c1-10-8-17(12-11(15)6-5-7-16-12)18(9-10)13(19)20-14(2,3)4/h5-7H,1,8-9H2,2-4H3. The molecule has 1 fully saturated rings. The van der Waals surface area contributed by atoms with Crippen molar-refractivity contribution in [3.63, 3.8) is 0 Å². The number of carbonyl (C=O) groups excluding carboxylic acids is 1. The molecule has 108 valence electrons. The fourth-order valence-corrected chi connectivity index (χ4v) is 1.88. The number of nitrogens with zero attached hydrogens (tertiary/aromatic N) is 3. The fourth-order valence-electron chi connectivity index (χ4n) is 1.88. The molecule has 1 aromatic rings. The maximum absolute atomic E-state index is 13.8. The number of ether oxygens (including phenoxy) is 1. The van der Waals surface area contributed by atoms with Crippen molar-refractivity contribution in [1.82, 2.24) is 9.99 Å². The minimum Gasteiger partial charge on any atom is -0.442 e. The summed E-state index contributed by atoms with van der Waals surface area (Å²) in [4.78, 5) is 16.2. The zero-order chi connectivity index (χ0) is 14.9. The van der Waals surface area contributed by atoms with Crippen LogP contribution < -0.4 is 5.01 Å². The van der Waals surface area contributed by atoms with Crippen LogP contribution in [0.5, 0.6) is 0 Å². The molecule has 1 aliphatic rings. The Morgan fingerprint density at radius 3 is 2.75 bits per heavy atom. The smallest absolute Gasteiger partial charge is 0.429 e. The summed E-state index contributed by atoms with van der Waals surface area (Å²) in [6.45, 7) is 9.82. The molecule has 1 amide bonds. The van der Waals surface area contributed by atoms with E-state index in [1.165, 1.54) is 28.3 Å². The topological polar surface area (TPSA) is 45.7 Å². The maximum Gasteiger partial charge on any atom is 0.429 e. The molecule has 1 saturated heterocycles. The highest BCUT2D eigenvalue weighted by atomic mass is 19.1. The first-order valence-corrected chi connectivity index (χ1v) is 6.33. The summed E-state index contributed by atoms with van der Waals surface area (Å²) in [6, 6.07) is 2.80. The van der Waals surface area contributed by atoms with Crippen LogP contribution >= 0.6 is 0 Å². The summed E-state index contributed by atoms with van der Waals surface area (Å²) in [5, 5.41) is 2.77. The maximum atomic E-state index is 13.8. The molecule has 6 heteroatoms. The third kappa shape index (κ3) is 3.07. The molecule has 2 heterocycles. The highest BCUT2D eigenvalue weighted by Crippen LogP contribution is 2.25. The molecular weight excluding hydrogens is 261 g/mol. The Morgan fingerprint density at radius 1 is 1.45 bits per heavy atom. The van der Waals surface area contributed by atoms with Gasteiger partial charge in [0, 0.05) is 6.20 Å². The van der Waals surface area contributed by atoms with Gasteiger partial charge in [-0.2, -0.15) is 0 Å². The molecule has 5 nitrogen and oxygen atoms in total. The van der Waals surface area contributed by atoms with E-state index < -0.39 is 17.5 Å². The number of halogens is 1. The summed E-state index contributed by atoms with van der Waals surface area (Å²) in [5.41, 5.74) is 0.177. The van der Waals surface area contributed by atoms with Crippen LogP contribution in [0.2, 0.25) is 0 Å². The van der Waals surface area contributed by atoms with E-state index in [1.54, 1.807) is 20.8 Å². The third-order valence-corrected chi connectivity index (χ3v) is 2.63. The van der Waals surface area contributed by atoms with Gasteiger partial charge in [0.1, 0.15) is 5.60 Å². The van der Waals surface area contributed by atoms with Gasteiger partial charge in [-0.05, 0) is 38.5 Å². The molecule has 0 radical (unpaired) electrons. The summed E-state index contributed by atoms with van der Waals surface area (Å²) >= 11 is 0. The van der Waals surface area contributed by atoms with Gasteiger partial charge >= 0.3 is 6.09 Å². The molecule has 0 aliphatic carbocycles. The average Bonchev–Trinajstić information content (AvgIpc) is 2.69. The minimum atomic E-state index is -0.616. The Labute approximate surface area is 117 Å². The summed E-state index contributed by atoms with van der Waals surface area (Å²) < 4.78 is 19.1. The Kier molecular flexibility index (Phi) is 3.65. The zero-order valence-electron chi connectivity index (χ0n) is 11.9. The van der Waals surface area contributed by atoms with Crippen molar-refractivity contribution >= 4 is 11.9 Å². The van der Waals surface area contributed by atoms with Crippen molar-refractivity contribution in [1.29, 1.82) is 0 Å². The lowest BCUT2D eigenvalue weighted by molar-refractivity contribution is 0.0276. The van der Waals surface area contributed by atoms with Gasteiger partial charge in [0.05, 0.1) is 13.1 Å². The van der Waals surface area contributed by atoms with Gasteiger partial charge in [0.15, 0.2) is 11.6 Å². The molecule has 2 rings (SSSR count). The summed E-state index contributed by atoms with van der Waals surface area (Å²) in [5.74, 6) is -0.396. The van der Waals surface area contributed by atoms with E-state index in [4.69, 9.17) is 4.74 Å². The van der Waals surface area contributed by atoms with Crippen molar-refractivity contribution in [2.45, 2.75) is 26.4 Å². The van der Waals surface area contributed by atoms with Gasteiger partial charge in [0.2, 0.25) is 0 Å². The van der Waals surface area contributed by atoms with E-state index in [0.717, 1.165) is 5.57 Å². The number of amides is 1. The molecule has 0 atom stereocenters. The number of anilines is 1. The van der Waals surface area contributed by atoms with Crippen LogP contribution in [0.3, 0.4) is 0 Å². The van der Waals surface area contributed by atoms with Crippen LogP contribution in [-0.2, 0) is 4.74 Å². The molecule has 0 unspecified atom stereocenters. The van der Waals surface area contributed by atoms with E-state index in [0.29, 0.717) is 13.1 Å². The van der Waals surface area contributed by atoms with Gasteiger partial charge in [-0.1, -0.05) is 6.58 Å². The number of pyridine rings is 1. The molecule has 0 N–H and O–H groups in total. The van der Waals surface area contributed by atoms with Gasteiger partial charge in [-0.3, -0.25) is 5.01 Å². The summed E-state index contributed by atoms with van der Waals surface area (Å²) in [7, 11) is 0. The van der Waals surface area contributed by atoms with Gasteiger partial charge in [0.25, 0.3) is 0 Å². The first-order valence-electron chi connectivity index (χ1n) is 6.33. The van der Waals surface area contributed by atoms with Gasteiger partial charge in [-0.25, -0.2) is 19.2 Å². The summed E-state index contributed by atoms with van der Waals surface area (Å²) in [6.07, 6.45) is 0.938. The zero-order valence-corrected chi connectivity index (χ0v) is 11.9. The number of rotatable bonds is 1. The Balaban J connectivity index is 2.26. The Bertz CT molecular complexity index is 539. The Hall–Kier alpha value is -2.11.